The van der Waals surface area contributed by atoms with Gasteiger partial charge in [-0.25, -0.2) is 0 Å². The van der Waals surface area contributed by atoms with Crippen molar-refractivity contribution in [3.63, 3.8) is 0 Å². The summed E-state index contributed by atoms with van der Waals surface area (Å²) in [5.74, 6) is 1.98. The molecule has 1 saturated heterocycles. The van der Waals surface area contributed by atoms with E-state index in [2.05, 4.69) is 48.3 Å². The Kier molecular flexibility index (Phi) is 9.03. The summed E-state index contributed by atoms with van der Waals surface area (Å²) in [6, 6.07) is 17.0. The Morgan fingerprint density at radius 3 is 2.00 bits per heavy atom. The van der Waals surface area contributed by atoms with E-state index in [0.29, 0.717) is 11.7 Å². The molecule has 1 aliphatic carbocycles. The highest BCUT2D eigenvalue weighted by molar-refractivity contribution is 7.99. The van der Waals surface area contributed by atoms with E-state index in [1.807, 2.05) is 12.1 Å². The quantitative estimate of drug-likeness (QED) is 0.606. The van der Waals surface area contributed by atoms with Crippen molar-refractivity contribution in [1.29, 1.82) is 0 Å². The smallest absolute Gasteiger partial charge is 0.132 e. The number of hydrogen-bond donors (Lipinski definition) is 1. The maximum Gasteiger partial charge on any atom is 0.132 e. The van der Waals surface area contributed by atoms with Crippen molar-refractivity contribution in [2.75, 3.05) is 20.2 Å². The largest absolute Gasteiger partial charge is 0.497 e. The first-order chi connectivity index (χ1) is 14.7. The number of ether oxygens (including phenoxy) is 1. The topological polar surface area (TPSA) is 38.3 Å². The molecule has 0 aromatic heterocycles. The molecule has 4 heteroatoms. The summed E-state index contributed by atoms with van der Waals surface area (Å²) in [7, 11) is 1.69. The third kappa shape index (κ3) is 7.03. The van der Waals surface area contributed by atoms with Crippen LogP contribution in [0.15, 0.2) is 64.9 Å². The molecule has 4 rings (SSSR count). The van der Waals surface area contributed by atoms with Crippen molar-refractivity contribution in [1.82, 2.24) is 5.32 Å². The molecule has 0 unspecified atom stereocenters. The summed E-state index contributed by atoms with van der Waals surface area (Å²) in [4.78, 5) is 12.9. The van der Waals surface area contributed by atoms with E-state index < -0.39 is 0 Å². The van der Waals surface area contributed by atoms with E-state index >= 15 is 0 Å². The second-order valence-corrected chi connectivity index (χ2v) is 9.10. The third-order valence-electron chi connectivity index (χ3n) is 5.76. The second-order valence-electron chi connectivity index (χ2n) is 7.95. The highest BCUT2D eigenvalue weighted by Gasteiger charge is 2.17. The van der Waals surface area contributed by atoms with Gasteiger partial charge in [0.05, 0.1) is 7.11 Å². The summed E-state index contributed by atoms with van der Waals surface area (Å²) in [6.07, 6.45) is 7.63. The lowest BCUT2D eigenvalue weighted by molar-refractivity contribution is -0.120. The number of allylic oxidation sites excluding steroid dienone is 1. The molecule has 2 aromatic carbocycles. The van der Waals surface area contributed by atoms with Gasteiger partial charge in [0.1, 0.15) is 11.5 Å². The number of ketones is 1. The van der Waals surface area contributed by atoms with Crippen molar-refractivity contribution in [2.45, 2.75) is 54.7 Å². The zero-order chi connectivity index (χ0) is 21.2. The molecule has 3 nitrogen and oxygen atoms in total. The molecule has 0 spiro atoms. The van der Waals surface area contributed by atoms with E-state index in [0.717, 1.165) is 44.5 Å². The van der Waals surface area contributed by atoms with E-state index in [4.69, 9.17) is 4.74 Å². The fraction of sp³-hybridized carbons (Fsp3) is 0.423. The normalized spacial score (nSPS) is 17.0. The first-order valence-corrected chi connectivity index (χ1v) is 11.8. The lowest BCUT2D eigenvalue weighted by atomic mass is 9.87. The molecule has 0 atom stereocenters. The van der Waals surface area contributed by atoms with Crippen LogP contribution in [-0.2, 0) is 4.79 Å². The number of nitrogens with one attached hydrogen (secondary N) is 1. The van der Waals surface area contributed by atoms with Crippen LogP contribution in [0.4, 0.5) is 0 Å². The van der Waals surface area contributed by atoms with Gasteiger partial charge in [-0.15, -0.1) is 0 Å². The number of carbonyl (C=O) groups is 1. The molecule has 1 aliphatic heterocycles. The molecule has 2 fully saturated rings. The molecule has 1 N–H and O–H groups in total. The van der Waals surface area contributed by atoms with Gasteiger partial charge in [-0.2, -0.15) is 0 Å². The highest BCUT2D eigenvalue weighted by Crippen LogP contribution is 2.32. The van der Waals surface area contributed by atoms with Gasteiger partial charge < -0.3 is 10.1 Å². The van der Waals surface area contributed by atoms with Gasteiger partial charge in [-0.1, -0.05) is 36.9 Å². The lowest BCUT2D eigenvalue weighted by Crippen LogP contribution is -2.28. The monoisotopic (exact) mass is 423 g/mol. The molecule has 1 saturated carbocycles. The SMILES string of the molecule is C=C(c1ccc(Sc2ccc(OC)cc2)cc1)C1CCNCC1.O=C1CCCCC1. The molecule has 2 aromatic rings. The van der Waals surface area contributed by atoms with Gasteiger partial charge in [0.2, 0.25) is 0 Å². The number of carbonyl (C=O) groups excluding carboxylic acids is 1. The molecular weight excluding hydrogens is 390 g/mol. The van der Waals surface area contributed by atoms with E-state index in [-0.39, 0.29) is 0 Å². The maximum atomic E-state index is 10.5. The van der Waals surface area contributed by atoms with E-state index in [1.54, 1.807) is 18.9 Å². The predicted molar refractivity (Wildman–Crippen MR) is 126 cm³/mol. The minimum atomic E-state index is 0.464. The molecule has 30 heavy (non-hydrogen) atoms. The zero-order valence-corrected chi connectivity index (χ0v) is 18.8. The van der Waals surface area contributed by atoms with Crippen LogP contribution in [0.2, 0.25) is 0 Å². The summed E-state index contributed by atoms with van der Waals surface area (Å²) in [5.41, 5.74) is 2.56. The molecular formula is C26H33NO2S. The second kappa shape index (κ2) is 12.0. The zero-order valence-electron chi connectivity index (χ0n) is 18.0. The van der Waals surface area contributed by atoms with Crippen molar-refractivity contribution in [2.24, 2.45) is 5.92 Å². The third-order valence-corrected chi connectivity index (χ3v) is 6.78. The molecule has 2 aliphatic rings. The summed E-state index contributed by atoms with van der Waals surface area (Å²) in [5, 5.41) is 3.41. The van der Waals surface area contributed by atoms with Gasteiger partial charge in [0, 0.05) is 22.6 Å². The van der Waals surface area contributed by atoms with Crippen molar-refractivity contribution >= 4 is 23.1 Å². The van der Waals surface area contributed by atoms with Gasteiger partial charge in [0.15, 0.2) is 0 Å². The van der Waals surface area contributed by atoms with E-state index in [1.165, 1.54) is 40.2 Å². The number of rotatable bonds is 5. The van der Waals surface area contributed by atoms with Crippen LogP contribution in [0.5, 0.6) is 5.75 Å². The number of hydrogen-bond acceptors (Lipinski definition) is 4. The highest BCUT2D eigenvalue weighted by atomic mass is 32.2. The van der Waals surface area contributed by atoms with Crippen LogP contribution in [0.25, 0.3) is 5.57 Å². The van der Waals surface area contributed by atoms with Gasteiger partial charge in [0.25, 0.3) is 0 Å². The average Bonchev–Trinajstić information content (AvgIpc) is 2.81. The first kappa shape index (κ1) is 22.6. The predicted octanol–water partition coefficient (Wildman–Crippen LogP) is 6.38. The van der Waals surface area contributed by atoms with Gasteiger partial charge >= 0.3 is 0 Å². The maximum absolute atomic E-state index is 10.5. The Labute approximate surface area is 185 Å². The van der Waals surface area contributed by atoms with Crippen molar-refractivity contribution in [3.05, 3.63) is 60.7 Å². The average molecular weight is 424 g/mol. The Morgan fingerprint density at radius 2 is 1.50 bits per heavy atom. The molecule has 0 bridgehead atoms. The van der Waals surface area contributed by atoms with Crippen LogP contribution < -0.4 is 10.1 Å². The van der Waals surface area contributed by atoms with Crippen molar-refractivity contribution < 1.29 is 9.53 Å². The Balaban J connectivity index is 0.000000310. The number of methoxy groups -OCH3 is 1. The molecule has 0 radical (unpaired) electrons. The van der Waals surface area contributed by atoms with Gasteiger partial charge in [-0.05, 0) is 92.2 Å². The van der Waals surface area contributed by atoms with Crippen LogP contribution in [0, 0.1) is 5.92 Å². The van der Waals surface area contributed by atoms with Gasteiger partial charge in [-0.3, -0.25) is 4.79 Å². The first-order valence-electron chi connectivity index (χ1n) is 11.0. The number of Topliss-reactive ketones (excluding diaryl/α,β-unsaturated/α-hetero) is 1. The standard InChI is InChI=1S/C20H23NOS.C6H10O/c1-15(17-11-13-21-14-12-17)16-3-7-19(8-4-16)23-20-9-5-18(22-2)6-10-20;7-6-4-2-1-3-5-6/h3-10,17,21H,1,11-14H2,2H3;1-5H2. The summed E-state index contributed by atoms with van der Waals surface area (Å²) < 4.78 is 5.20. The molecule has 160 valence electrons. The summed E-state index contributed by atoms with van der Waals surface area (Å²) in [6.45, 7) is 6.55. The number of benzene rings is 2. The Bertz CT molecular complexity index is 800. The lowest BCUT2D eigenvalue weighted by Gasteiger charge is -2.24. The van der Waals surface area contributed by atoms with Crippen LogP contribution in [0.3, 0.4) is 0 Å². The molecule has 1 heterocycles. The van der Waals surface area contributed by atoms with E-state index in [9.17, 15) is 4.79 Å². The minimum absolute atomic E-state index is 0.464. The van der Waals surface area contributed by atoms with Crippen LogP contribution in [0.1, 0.15) is 50.5 Å². The Morgan fingerprint density at radius 1 is 0.933 bits per heavy atom. The fourth-order valence-corrected chi connectivity index (χ4v) is 4.69. The Hall–Kier alpha value is -2.04. The van der Waals surface area contributed by atoms with Crippen LogP contribution in [-0.4, -0.2) is 26.0 Å². The summed E-state index contributed by atoms with van der Waals surface area (Å²) >= 11 is 1.77. The van der Waals surface area contributed by atoms with Crippen LogP contribution >= 0.6 is 11.8 Å². The molecule has 0 amide bonds. The number of piperidine rings is 1. The minimum Gasteiger partial charge on any atom is -0.497 e. The van der Waals surface area contributed by atoms with Crippen molar-refractivity contribution in [3.8, 4) is 5.75 Å². The fourth-order valence-electron chi connectivity index (χ4n) is 3.87.